The standard InChI is InChI=1S/C21H22FN3O2S/c1-15-3-2-4-16(13-15)20(26)25(8-7-24-9-11-27-12-10-24)21-23-18-6-5-17(22)14-19(18)28-21/h2-6,13-14H,7-12H2,1H3. The summed E-state index contributed by atoms with van der Waals surface area (Å²) in [5, 5.41) is 0.598. The summed E-state index contributed by atoms with van der Waals surface area (Å²) in [5.41, 5.74) is 2.37. The first-order valence-electron chi connectivity index (χ1n) is 9.35. The van der Waals surface area contributed by atoms with Crippen LogP contribution in [-0.2, 0) is 4.74 Å². The van der Waals surface area contributed by atoms with Crippen molar-refractivity contribution >= 4 is 32.6 Å². The van der Waals surface area contributed by atoms with Gasteiger partial charge in [-0.2, -0.15) is 0 Å². The summed E-state index contributed by atoms with van der Waals surface area (Å²) in [7, 11) is 0. The Hall–Kier alpha value is -2.35. The van der Waals surface area contributed by atoms with Gasteiger partial charge in [0.15, 0.2) is 5.13 Å². The van der Waals surface area contributed by atoms with E-state index >= 15 is 0 Å². The molecule has 146 valence electrons. The van der Waals surface area contributed by atoms with Gasteiger partial charge in [0.2, 0.25) is 0 Å². The fourth-order valence-corrected chi connectivity index (χ4v) is 4.30. The van der Waals surface area contributed by atoms with Crippen molar-refractivity contribution in [3.63, 3.8) is 0 Å². The third-order valence-electron chi connectivity index (χ3n) is 4.82. The number of rotatable bonds is 5. The van der Waals surface area contributed by atoms with E-state index in [0.29, 0.717) is 36.0 Å². The maximum absolute atomic E-state index is 13.6. The van der Waals surface area contributed by atoms with Crippen molar-refractivity contribution in [1.29, 1.82) is 0 Å². The molecule has 0 radical (unpaired) electrons. The van der Waals surface area contributed by atoms with Gasteiger partial charge in [-0.15, -0.1) is 0 Å². The lowest BCUT2D eigenvalue weighted by Gasteiger charge is -2.29. The van der Waals surface area contributed by atoms with Gasteiger partial charge in [0.25, 0.3) is 5.91 Å². The highest BCUT2D eigenvalue weighted by Crippen LogP contribution is 2.30. The molecular formula is C21H22FN3O2S. The molecule has 1 amide bonds. The van der Waals surface area contributed by atoms with Crippen LogP contribution in [0.3, 0.4) is 0 Å². The number of carbonyl (C=O) groups is 1. The van der Waals surface area contributed by atoms with Crippen LogP contribution in [0.1, 0.15) is 15.9 Å². The lowest BCUT2D eigenvalue weighted by Crippen LogP contribution is -2.43. The predicted octanol–water partition coefficient (Wildman–Crippen LogP) is 3.72. The van der Waals surface area contributed by atoms with Gasteiger partial charge in [0.1, 0.15) is 5.82 Å². The Morgan fingerprint density at radius 3 is 2.86 bits per heavy atom. The molecular weight excluding hydrogens is 377 g/mol. The minimum atomic E-state index is -0.299. The van der Waals surface area contributed by atoms with E-state index in [1.54, 1.807) is 11.0 Å². The molecule has 28 heavy (non-hydrogen) atoms. The largest absolute Gasteiger partial charge is 0.379 e. The number of morpholine rings is 1. The topological polar surface area (TPSA) is 45.7 Å². The van der Waals surface area contributed by atoms with E-state index in [-0.39, 0.29) is 11.7 Å². The zero-order chi connectivity index (χ0) is 19.5. The zero-order valence-electron chi connectivity index (χ0n) is 15.7. The Labute approximate surface area is 167 Å². The summed E-state index contributed by atoms with van der Waals surface area (Å²) in [6, 6.07) is 12.1. The van der Waals surface area contributed by atoms with E-state index in [0.717, 1.165) is 29.9 Å². The summed E-state index contributed by atoms with van der Waals surface area (Å²) in [4.78, 5) is 21.9. The van der Waals surface area contributed by atoms with Crippen LogP contribution in [0, 0.1) is 12.7 Å². The van der Waals surface area contributed by atoms with E-state index in [2.05, 4.69) is 9.88 Å². The van der Waals surface area contributed by atoms with Crippen LogP contribution in [0.25, 0.3) is 10.2 Å². The molecule has 3 aromatic rings. The Morgan fingerprint density at radius 1 is 1.25 bits per heavy atom. The molecule has 7 heteroatoms. The molecule has 1 saturated heterocycles. The van der Waals surface area contributed by atoms with Crippen molar-refractivity contribution in [3.8, 4) is 0 Å². The van der Waals surface area contributed by atoms with Crippen molar-refractivity contribution in [2.75, 3.05) is 44.3 Å². The number of nitrogens with zero attached hydrogens (tertiary/aromatic N) is 3. The van der Waals surface area contributed by atoms with E-state index in [4.69, 9.17) is 4.74 Å². The molecule has 0 saturated carbocycles. The highest BCUT2D eigenvalue weighted by Gasteiger charge is 2.23. The predicted molar refractivity (Wildman–Crippen MR) is 110 cm³/mol. The van der Waals surface area contributed by atoms with Gasteiger partial charge in [-0.1, -0.05) is 29.0 Å². The second-order valence-electron chi connectivity index (χ2n) is 6.89. The second-order valence-corrected chi connectivity index (χ2v) is 7.90. The number of hydrogen-bond acceptors (Lipinski definition) is 5. The summed E-state index contributed by atoms with van der Waals surface area (Å²) >= 11 is 1.34. The molecule has 1 aliphatic heterocycles. The molecule has 0 atom stereocenters. The van der Waals surface area contributed by atoms with Crippen molar-refractivity contribution in [2.45, 2.75) is 6.92 Å². The number of ether oxygens (including phenoxy) is 1. The molecule has 2 aromatic carbocycles. The molecule has 2 heterocycles. The van der Waals surface area contributed by atoms with Crippen LogP contribution >= 0.6 is 11.3 Å². The van der Waals surface area contributed by atoms with Gasteiger partial charge in [-0.05, 0) is 37.3 Å². The highest BCUT2D eigenvalue weighted by molar-refractivity contribution is 7.22. The molecule has 0 unspecified atom stereocenters. The number of hydrogen-bond donors (Lipinski definition) is 0. The Kier molecular flexibility index (Phi) is 5.66. The van der Waals surface area contributed by atoms with Crippen LogP contribution in [0.5, 0.6) is 0 Å². The zero-order valence-corrected chi connectivity index (χ0v) is 16.5. The number of anilines is 1. The fourth-order valence-electron chi connectivity index (χ4n) is 3.29. The number of halogens is 1. The molecule has 0 bridgehead atoms. The SMILES string of the molecule is Cc1cccc(C(=O)N(CCN2CCOCC2)c2nc3ccc(F)cc3s2)c1. The number of aromatic nitrogens is 1. The number of thiazole rings is 1. The van der Waals surface area contributed by atoms with E-state index in [1.165, 1.54) is 23.5 Å². The normalized spacial score (nSPS) is 15.1. The molecule has 1 aliphatic rings. The van der Waals surface area contributed by atoms with Crippen LogP contribution in [0.15, 0.2) is 42.5 Å². The molecule has 0 N–H and O–H groups in total. The number of amides is 1. The summed E-state index contributed by atoms with van der Waals surface area (Å²) in [6.07, 6.45) is 0. The summed E-state index contributed by atoms with van der Waals surface area (Å²) in [5.74, 6) is -0.385. The van der Waals surface area contributed by atoms with Crippen LogP contribution in [-0.4, -0.2) is 55.2 Å². The van der Waals surface area contributed by atoms with Gasteiger partial charge in [0, 0.05) is 31.7 Å². The third kappa shape index (κ3) is 4.22. The molecule has 0 spiro atoms. The number of fused-ring (bicyclic) bond motifs is 1. The molecule has 1 aromatic heterocycles. The van der Waals surface area contributed by atoms with Gasteiger partial charge in [0.05, 0.1) is 23.4 Å². The lowest BCUT2D eigenvalue weighted by molar-refractivity contribution is 0.0391. The smallest absolute Gasteiger partial charge is 0.260 e. The lowest BCUT2D eigenvalue weighted by atomic mass is 10.1. The molecule has 5 nitrogen and oxygen atoms in total. The van der Waals surface area contributed by atoms with E-state index < -0.39 is 0 Å². The Bertz CT molecular complexity index is 985. The van der Waals surface area contributed by atoms with Crippen LogP contribution in [0.4, 0.5) is 9.52 Å². The van der Waals surface area contributed by atoms with E-state index in [9.17, 15) is 9.18 Å². The third-order valence-corrected chi connectivity index (χ3v) is 5.86. The number of benzene rings is 2. The van der Waals surface area contributed by atoms with Crippen molar-refractivity contribution in [1.82, 2.24) is 9.88 Å². The second kappa shape index (κ2) is 8.34. The van der Waals surface area contributed by atoms with E-state index in [1.807, 2.05) is 31.2 Å². The van der Waals surface area contributed by atoms with Gasteiger partial charge >= 0.3 is 0 Å². The van der Waals surface area contributed by atoms with Crippen molar-refractivity contribution < 1.29 is 13.9 Å². The van der Waals surface area contributed by atoms with Crippen LogP contribution in [0.2, 0.25) is 0 Å². The fraction of sp³-hybridized carbons (Fsp3) is 0.333. The summed E-state index contributed by atoms with van der Waals surface area (Å²) in [6.45, 7) is 6.38. The van der Waals surface area contributed by atoms with Crippen LogP contribution < -0.4 is 4.90 Å². The average molecular weight is 399 g/mol. The Morgan fingerprint density at radius 2 is 2.07 bits per heavy atom. The highest BCUT2D eigenvalue weighted by atomic mass is 32.1. The minimum Gasteiger partial charge on any atom is -0.379 e. The first-order chi connectivity index (χ1) is 13.6. The first-order valence-corrected chi connectivity index (χ1v) is 10.2. The average Bonchev–Trinajstić information content (AvgIpc) is 3.11. The first kappa shape index (κ1) is 19.0. The van der Waals surface area contributed by atoms with Crippen molar-refractivity contribution in [2.24, 2.45) is 0 Å². The molecule has 1 fully saturated rings. The minimum absolute atomic E-state index is 0.0866. The maximum Gasteiger partial charge on any atom is 0.260 e. The van der Waals surface area contributed by atoms with Gasteiger partial charge in [-0.25, -0.2) is 9.37 Å². The maximum atomic E-state index is 13.6. The van der Waals surface area contributed by atoms with Gasteiger partial charge in [-0.3, -0.25) is 14.6 Å². The van der Waals surface area contributed by atoms with Gasteiger partial charge < -0.3 is 4.74 Å². The van der Waals surface area contributed by atoms with Crippen molar-refractivity contribution in [3.05, 3.63) is 59.4 Å². The summed E-state index contributed by atoms with van der Waals surface area (Å²) < 4.78 is 19.7. The number of carbonyl (C=O) groups excluding carboxylic acids is 1. The Balaban J connectivity index is 1.63. The monoisotopic (exact) mass is 399 g/mol. The molecule has 4 rings (SSSR count). The molecule has 0 aliphatic carbocycles. The number of aryl methyl sites for hydroxylation is 1. The quantitative estimate of drug-likeness (QED) is 0.656.